The van der Waals surface area contributed by atoms with E-state index in [9.17, 15) is 23.1 Å². The first kappa shape index (κ1) is 23.4. The Morgan fingerprint density at radius 2 is 1.88 bits per heavy atom. The summed E-state index contributed by atoms with van der Waals surface area (Å²) in [5, 5.41) is 13.7. The molecule has 0 unspecified atom stereocenters. The molecule has 0 aliphatic carbocycles. The number of aryl methyl sites for hydroxylation is 2. The predicted octanol–water partition coefficient (Wildman–Crippen LogP) is 4.30. The number of aliphatic hydroxyl groups excluding tert-OH is 1. The number of hydrogen-bond donors (Lipinski definition) is 1. The summed E-state index contributed by atoms with van der Waals surface area (Å²) in [6, 6.07) is 10.8. The molecule has 6 nitrogen and oxygen atoms in total. The van der Waals surface area contributed by atoms with Crippen LogP contribution in [0.25, 0.3) is 5.69 Å². The Labute approximate surface area is 194 Å². The highest BCUT2D eigenvalue weighted by molar-refractivity contribution is 5.44. The van der Waals surface area contributed by atoms with Crippen LogP contribution >= 0.6 is 0 Å². The van der Waals surface area contributed by atoms with Gasteiger partial charge in [0.2, 0.25) is 0 Å². The van der Waals surface area contributed by atoms with Gasteiger partial charge in [-0.3, -0.25) is 4.79 Å². The fraction of sp³-hybridized carbons (Fsp3) is 0.240. The van der Waals surface area contributed by atoms with Crippen molar-refractivity contribution in [1.29, 1.82) is 0 Å². The number of imidazole rings is 1. The quantitative estimate of drug-likeness (QED) is 0.439. The minimum absolute atomic E-state index is 0.0897. The van der Waals surface area contributed by atoms with Crippen molar-refractivity contribution in [2.45, 2.75) is 32.7 Å². The number of halogens is 3. The lowest BCUT2D eigenvalue weighted by Gasteiger charge is -2.19. The molecule has 1 atom stereocenters. The molecule has 4 rings (SSSR count). The van der Waals surface area contributed by atoms with Crippen molar-refractivity contribution in [3.05, 3.63) is 111 Å². The van der Waals surface area contributed by atoms with Crippen LogP contribution in [0.3, 0.4) is 0 Å². The molecule has 0 radical (unpaired) electrons. The Bertz CT molecular complexity index is 1380. The highest BCUT2D eigenvalue weighted by Gasteiger charge is 2.22. The summed E-state index contributed by atoms with van der Waals surface area (Å²) < 4.78 is 43.7. The van der Waals surface area contributed by atoms with Crippen LogP contribution in [0, 0.1) is 19.7 Å². The van der Waals surface area contributed by atoms with Gasteiger partial charge in [-0.25, -0.2) is 22.8 Å². The van der Waals surface area contributed by atoms with E-state index in [4.69, 9.17) is 0 Å². The van der Waals surface area contributed by atoms with Gasteiger partial charge in [-0.15, -0.1) is 0 Å². The van der Waals surface area contributed by atoms with Gasteiger partial charge in [0.05, 0.1) is 18.6 Å². The fourth-order valence-corrected chi connectivity index (χ4v) is 3.96. The summed E-state index contributed by atoms with van der Waals surface area (Å²) in [6.07, 6.45) is 0.757. The number of aliphatic hydroxyl groups is 1. The van der Waals surface area contributed by atoms with Crippen LogP contribution in [0.2, 0.25) is 0 Å². The minimum Gasteiger partial charge on any atom is -0.394 e. The van der Waals surface area contributed by atoms with Crippen LogP contribution in [0.4, 0.5) is 13.2 Å². The zero-order chi connectivity index (χ0) is 24.4. The van der Waals surface area contributed by atoms with Crippen LogP contribution in [-0.2, 0) is 6.42 Å². The Kier molecular flexibility index (Phi) is 6.65. The smallest absolute Gasteiger partial charge is 0.282 e. The molecule has 1 N–H and O–H groups in total. The van der Waals surface area contributed by atoms with Crippen LogP contribution in [0.15, 0.2) is 65.8 Å². The number of rotatable bonds is 7. The lowest BCUT2D eigenvalue weighted by Crippen LogP contribution is -2.33. The molecule has 0 spiro atoms. The molecule has 2 aromatic carbocycles. The van der Waals surface area contributed by atoms with E-state index in [1.54, 1.807) is 6.33 Å². The number of aromatic nitrogens is 4. The van der Waals surface area contributed by atoms with E-state index < -0.39 is 36.1 Å². The molecule has 0 amide bonds. The van der Waals surface area contributed by atoms with Crippen molar-refractivity contribution in [2.24, 2.45) is 0 Å². The first-order chi connectivity index (χ1) is 16.3. The van der Waals surface area contributed by atoms with Gasteiger partial charge in [-0.05, 0) is 54.8 Å². The summed E-state index contributed by atoms with van der Waals surface area (Å²) in [5.41, 5.74) is 2.60. The number of benzene rings is 2. The molecule has 9 heteroatoms. The second kappa shape index (κ2) is 9.64. The van der Waals surface area contributed by atoms with Gasteiger partial charge in [-0.1, -0.05) is 24.3 Å². The van der Waals surface area contributed by atoms with E-state index >= 15 is 0 Å². The highest BCUT2D eigenvalue weighted by atomic mass is 19.3. The Balaban J connectivity index is 1.74. The first-order valence-electron chi connectivity index (χ1n) is 10.6. The molecule has 2 aromatic heterocycles. The van der Waals surface area contributed by atoms with Gasteiger partial charge in [0, 0.05) is 23.9 Å². The van der Waals surface area contributed by atoms with Gasteiger partial charge in [0.25, 0.3) is 12.0 Å². The van der Waals surface area contributed by atoms with E-state index in [1.807, 2.05) is 42.8 Å². The molecule has 0 bridgehead atoms. The molecule has 0 aliphatic rings. The average molecular weight is 468 g/mol. The standard InChI is InChI=1S/C25H23F3N4O2/c1-15-8-17(6-7-22(15)31-12-16(2)29-14-31)9-19-11-21(24(27)28)30-32(25(19)34)23(13-33)18-4-3-5-20(26)10-18/h3-8,10-12,14,23-24,33H,9,13H2,1-2H3/t23-/m0/s1. The summed E-state index contributed by atoms with van der Waals surface area (Å²) in [7, 11) is 0. The maximum atomic E-state index is 13.7. The highest BCUT2D eigenvalue weighted by Crippen LogP contribution is 2.23. The van der Waals surface area contributed by atoms with Gasteiger partial charge >= 0.3 is 0 Å². The monoisotopic (exact) mass is 468 g/mol. The van der Waals surface area contributed by atoms with Crippen LogP contribution < -0.4 is 5.56 Å². The Morgan fingerprint density at radius 3 is 2.50 bits per heavy atom. The van der Waals surface area contributed by atoms with E-state index in [0.29, 0.717) is 0 Å². The predicted molar refractivity (Wildman–Crippen MR) is 121 cm³/mol. The first-order valence-corrected chi connectivity index (χ1v) is 10.6. The number of alkyl halides is 2. The third-order valence-electron chi connectivity index (χ3n) is 5.60. The van der Waals surface area contributed by atoms with Crippen LogP contribution in [-0.4, -0.2) is 31.0 Å². The number of hydrogen-bond acceptors (Lipinski definition) is 4. The minimum atomic E-state index is -2.92. The average Bonchev–Trinajstić information content (AvgIpc) is 3.22. The van der Waals surface area contributed by atoms with Gasteiger partial charge < -0.3 is 9.67 Å². The topological polar surface area (TPSA) is 72.9 Å². The summed E-state index contributed by atoms with van der Waals surface area (Å²) in [5.74, 6) is -0.571. The summed E-state index contributed by atoms with van der Waals surface area (Å²) in [4.78, 5) is 17.4. The second-order valence-electron chi connectivity index (χ2n) is 8.12. The molecular weight excluding hydrogens is 445 g/mol. The van der Waals surface area contributed by atoms with E-state index in [0.717, 1.165) is 39.3 Å². The second-order valence-corrected chi connectivity index (χ2v) is 8.12. The number of nitrogens with zero attached hydrogens (tertiary/aromatic N) is 4. The van der Waals surface area contributed by atoms with E-state index in [-0.39, 0.29) is 17.5 Å². The zero-order valence-corrected chi connectivity index (χ0v) is 18.6. The van der Waals surface area contributed by atoms with Crippen molar-refractivity contribution in [3.63, 3.8) is 0 Å². The molecule has 0 saturated heterocycles. The lowest BCUT2D eigenvalue weighted by molar-refractivity contribution is 0.140. The van der Waals surface area contributed by atoms with Gasteiger partial charge in [0.15, 0.2) is 0 Å². The van der Waals surface area contributed by atoms with Crippen LogP contribution in [0.1, 0.15) is 46.1 Å². The normalized spacial score (nSPS) is 12.3. The molecule has 2 heterocycles. The molecule has 0 aliphatic heterocycles. The van der Waals surface area contributed by atoms with Crippen LogP contribution in [0.5, 0.6) is 0 Å². The summed E-state index contributed by atoms with van der Waals surface area (Å²) >= 11 is 0. The summed E-state index contributed by atoms with van der Waals surface area (Å²) in [6.45, 7) is 3.19. The van der Waals surface area contributed by atoms with Gasteiger partial charge in [0.1, 0.15) is 17.6 Å². The van der Waals surface area contributed by atoms with E-state index in [2.05, 4.69) is 10.1 Å². The van der Waals surface area contributed by atoms with Crippen molar-refractivity contribution < 1.29 is 18.3 Å². The molecule has 0 saturated carbocycles. The van der Waals surface area contributed by atoms with Crippen molar-refractivity contribution >= 4 is 0 Å². The third kappa shape index (κ3) is 4.79. The van der Waals surface area contributed by atoms with Crippen molar-refractivity contribution in [1.82, 2.24) is 19.3 Å². The Hall–Kier alpha value is -3.72. The molecule has 0 fully saturated rings. The largest absolute Gasteiger partial charge is 0.394 e. The maximum absolute atomic E-state index is 13.7. The lowest BCUT2D eigenvalue weighted by atomic mass is 10.0. The fourth-order valence-electron chi connectivity index (χ4n) is 3.96. The maximum Gasteiger partial charge on any atom is 0.282 e. The Morgan fingerprint density at radius 1 is 1.09 bits per heavy atom. The SMILES string of the molecule is Cc1cn(-c2ccc(Cc3cc(C(F)F)nn([C@@H](CO)c4cccc(F)c4)c3=O)cc2C)cn1. The van der Waals surface area contributed by atoms with Crippen molar-refractivity contribution in [2.75, 3.05) is 6.61 Å². The molecule has 34 heavy (non-hydrogen) atoms. The van der Waals surface area contributed by atoms with Crippen molar-refractivity contribution in [3.8, 4) is 5.69 Å². The van der Waals surface area contributed by atoms with Gasteiger partial charge in [-0.2, -0.15) is 5.10 Å². The third-order valence-corrected chi connectivity index (χ3v) is 5.60. The van der Waals surface area contributed by atoms with E-state index in [1.165, 1.54) is 18.2 Å². The molecule has 176 valence electrons. The molecular formula is C25H23F3N4O2. The molecule has 4 aromatic rings. The zero-order valence-electron chi connectivity index (χ0n) is 18.6.